The van der Waals surface area contributed by atoms with E-state index in [9.17, 15) is 12.8 Å². The van der Waals surface area contributed by atoms with Gasteiger partial charge in [-0.15, -0.1) is 0 Å². The van der Waals surface area contributed by atoms with Gasteiger partial charge in [0.2, 0.25) is 5.89 Å². The van der Waals surface area contributed by atoms with Crippen molar-refractivity contribution in [1.29, 1.82) is 0 Å². The quantitative estimate of drug-likeness (QED) is 0.766. The Morgan fingerprint density at radius 3 is 2.58 bits per heavy atom. The summed E-state index contributed by atoms with van der Waals surface area (Å²) in [6.07, 6.45) is 1.18. The minimum Gasteiger partial charge on any atom is -0.439 e. The van der Waals surface area contributed by atoms with Crippen molar-refractivity contribution >= 4 is 20.9 Å². The van der Waals surface area contributed by atoms with Gasteiger partial charge < -0.3 is 9.73 Å². The lowest BCUT2D eigenvalue weighted by Crippen LogP contribution is -2.18. The zero-order valence-corrected chi connectivity index (χ0v) is 14.1. The summed E-state index contributed by atoms with van der Waals surface area (Å²) in [5.74, 6) is 0.104. The first-order valence-corrected chi connectivity index (χ1v) is 9.30. The number of rotatable bonds is 5. The van der Waals surface area contributed by atoms with Crippen LogP contribution in [-0.2, 0) is 16.4 Å². The number of sulfone groups is 1. The first-order chi connectivity index (χ1) is 11.3. The number of fused-ring (bicyclic) bond motifs is 1. The molecule has 0 amide bonds. The van der Waals surface area contributed by atoms with E-state index in [1.54, 1.807) is 30.3 Å². The van der Waals surface area contributed by atoms with Crippen molar-refractivity contribution in [2.75, 3.05) is 6.26 Å². The molecule has 1 heterocycles. The molecule has 1 N–H and O–H groups in total. The minimum absolute atomic E-state index is 0.0228. The predicted octanol–water partition coefficient (Wildman–Crippen LogP) is 3.22. The monoisotopic (exact) mass is 348 g/mol. The average molecular weight is 348 g/mol. The van der Waals surface area contributed by atoms with E-state index in [1.165, 1.54) is 18.4 Å². The number of benzene rings is 2. The molecule has 0 unspecified atom stereocenters. The van der Waals surface area contributed by atoms with E-state index in [1.807, 2.05) is 6.92 Å². The Balaban J connectivity index is 1.69. The Labute approximate surface area is 139 Å². The van der Waals surface area contributed by atoms with Crippen LogP contribution in [0.15, 0.2) is 51.8 Å². The Morgan fingerprint density at radius 2 is 1.92 bits per heavy atom. The van der Waals surface area contributed by atoms with Crippen LogP contribution >= 0.6 is 0 Å². The summed E-state index contributed by atoms with van der Waals surface area (Å²) in [6.45, 7) is 2.34. The van der Waals surface area contributed by atoms with E-state index < -0.39 is 9.84 Å². The summed E-state index contributed by atoms with van der Waals surface area (Å²) in [6, 6.07) is 10.9. The molecular formula is C17H17FN2O3S. The molecule has 0 radical (unpaired) electrons. The molecule has 0 aliphatic heterocycles. The van der Waals surface area contributed by atoms with Gasteiger partial charge in [0, 0.05) is 18.4 Å². The van der Waals surface area contributed by atoms with Gasteiger partial charge in [0.05, 0.1) is 11.4 Å². The Bertz CT molecular complexity index is 965. The van der Waals surface area contributed by atoms with Crippen LogP contribution in [-0.4, -0.2) is 19.7 Å². The van der Waals surface area contributed by atoms with Gasteiger partial charge in [0.15, 0.2) is 15.4 Å². The van der Waals surface area contributed by atoms with Crippen molar-refractivity contribution in [3.05, 3.63) is 59.7 Å². The van der Waals surface area contributed by atoms with Crippen LogP contribution in [0.1, 0.15) is 24.4 Å². The van der Waals surface area contributed by atoms with Crippen LogP contribution in [0, 0.1) is 5.82 Å². The van der Waals surface area contributed by atoms with Crippen LogP contribution in [0.25, 0.3) is 11.1 Å². The summed E-state index contributed by atoms with van der Waals surface area (Å²) < 4.78 is 41.6. The molecule has 2 aromatic carbocycles. The van der Waals surface area contributed by atoms with Gasteiger partial charge in [-0.1, -0.05) is 12.1 Å². The fraction of sp³-hybridized carbons (Fsp3) is 0.235. The van der Waals surface area contributed by atoms with E-state index in [4.69, 9.17) is 4.42 Å². The van der Waals surface area contributed by atoms with E-state index in [2.05, 4.69) is 10.3 Å². The maximum Gasteiger partial charge on any atom is 0.209 e. The Morgan fingerprint density at radius 1 is 1.21 bits per heavy atom. The maximum atomic E-state index is 13.2. The second-order valence-corrected chi connectivity index (χ2v) is 7.68. The van der Waals surface area contributed by atoms with Gasteiger partial charge in [0.25, 0.3) is 0 Å². The zero-order valence-electron chi connectivity index (χ0n) is 13.3. The highest BCUT2D eigenvalue weighted by Crippen LogP contribution is 2.19. The highest BCUT2D eigenvalue weighted by atomic mass is 32.2. The summed E-state index contributed by atoms with van der Waals surface area (Å²) in [7, 11) is -3.19. The average Bonchev–Trinajstić information content (AvgIpc) is 2.94. The fourth-order valence-electron chi connectivity index (χ4n) is 2.38. The van der Waals surface area contributed by atoms with Gasteiger partial charge in [-0.25, -0.2) is 17.8 Å². The molecule has 0 saturated carbocycles. The molecule has 0 aliphatic carbocycles. The third-order valence-corrected chi connectivity index (χ3v) is 4.89. The van der Waals surface area contributed by atoms with Crippen LogP contribution < -0.4 is 5.32 Å². The number of oxazole rings is 1. The fourth-order valence-corrected chi connectivity index (χ4v) is 3.01. The minimum atomic E-state index is -3.19. The van der Waals surface area contributed by atoms with Crippen molar-refractivity contribution in [2.45, 2.75) is 24.4 Å². The number of hydrogen-bond donors (Lipinski definition) is 1. The molecule has 5 nitrogen and oxygen atoms in total. The number of nitrogens with one attached hydrogen (secondary N) is 1. The second-order valence-electron chi connectivity index (χ2n) is 5.66. The van der Waals surface area contributed by atoms with Crippen molar-refractivity contribution in [3.63, 3.8) is 0 Å². The predicted molar refractivity (Wildman–Crippen MR) is 88.8 cm³/mol. The van der Waals surface area contributed by atoms with Crippen LogP contribution in [0.5, 0.6) is 0 Å². The number of halogens is 1. The van der Waals surface area contributed by atoms with Gasteiger partial charge in [-0.2, -0.15) is 0 Å². The van der Waals surface area contributed by atoms with Crippen LogP contribution in [0.2, 0.25) is 0 Å². The molecule has 126 valence electrons. The number of nitrogens with zero attached hydrogens (tertiary/aromatic N) is 1. The summed E-state index contributed by atoms with van der Waals surface area (Å²) in [4.78, 5) is 4.58. The molecule has 3 aromatic rings. The van der Waals surface area contributed by atoms with Crippen molar-refractivity contribution < 1.29 is 17.2 Å². The Kier molecular flexibility index (Phi) is 4.38. The molecule has 1 atom stereocenters. The zero-order chi connectivity index (χ0) is 17.3. The molecule has 0 aliphatic rings. The van der Waals surface area contributed by atoms with E-state index in [-0.39, 0.29) is 11.9 Å². The first-order valence-electron chi connectivity index (χ1n) is 7.41. The molecular weight excluding hydrogens is 331 g/mol. The van der Waals surface area contributed by atoms with E-state index >= 15 is 0 Å². The summed E-state index contributed by atoms with van der Waals surface area (Å²) >= 11 is 0. The maximum absolute atomic E-state index is 13.2. The summed E-state index contributed by atoms with van der Waals surface area (Å²) in [5.41, 5.74) is 1.97. The highest BCUT2D eigenvalue weighted by molar-refractivity contribution is 7.90. The lowest BCUT2D eigenvalue weighted by molar-refractivity contribution is 0.466. The largest absolute Gasteiger partial charge is 0.439 e. The summed E-state index contributed by atoms with van der Waals surface area (Å²) in [5, 5.41) is 3.25. The van der Waals surface area contributed by atoms with Gasteiger partial charge >= 0.3 is 0 Å². The molecule has 0 bridgehead atoms. The highest BCUT2D eigenvalue weighted by Gasteiger charge is 2.11. The molecule has 0 saturated heterocycles. The number of hydrogen-bond acceptors (Lipinski definition) is 5. The lowest BCUT2D eigenvalue weighted by atomic mass is 10.1. The standard InChI is InChI=1S/C17H17FN2O3S/c1-11(12-3-6-14(7-4-12)24(2,21)22)19-10-17-20-15-8-5-13(18)9-16(15)23-17/h3-9,11,19H,10H2,1-2H3/t11-/m0/s1. The van der Waals surface area contributed by atoms with Gasteiger partial charge in [-0.05, 0) is 36.8 Å². The normalized spacial score (nSPS) is 13.3. The smallest absolute Gasteiger partial charge is 0.209 e. The third kappa shape index (κ3) is 3.63. The van der Waals surface area contributed by atoms with Gasteiger partial charge in [0.1, 0.15) is 11.3 Å². The van der Waals surface area contributed by atoms with Crippen LogP contribution in [0.4, 0.5) is 4.39 Å². The molecule has 3 rings (SSSR count). The molecule has 0 fully saturated rings. The molecule has 7 heteroatoms. The van der Waals surface area contributed by atoms with E-state index in [0.717, 1.165) is 5.56 Å². The second kappa shape index (κ2) is 6.33. The molecule has 1 aromatic heterocycles. The van der Waals surface area contributed by atoms with E-state index in [0.29, 0.717) is 28.4 Å². The van der Waals surface area contributed by atoms with Gasteiger partial charge in [-0.3, -0.25) is 0 Å². The van der Waals surface area contributed by atoms with Crippen molar-refractivity contribution in [2.24, 2.45) is 0 Å². The van der Waals surface area contributed by atoms with Crippen molar-refractivity contribution in [1.82, 2.24) is 10.3 Å². The van der Waals surface area contributed by atoms with Crippen LogP contribution in [0.3, 0.4) is 0 Å². The molecule has 24 heavy (non-hydrogen) atoms. The SMILES string of the molecule is C[C@H](NCc1nc2ccc(F)cc2o1)c1ccc(S(C)(=O)=O)cc1. The molecule has 0 spiro atoms. The first kappa shape index (κ1) is 16.6. The van der Waals surface area contributed by atoms with Crippen molar-refractivity contribution in [3.8, 4) is 0 Å². The lowest BCUT2D eigenvalue weighted by Gasteiger charge is -2.13. The Hall–Kier alpha value is -2.25. The topological polar surface area (TPSA) is 72.2 Å². The third-order valence-electron chi connectivity index (χ3n) is 3.76. The number of aromatic nitrogens is 1.